The Hall–Kier alpha value is -1.65. The van der Waals surface area contributed by atoms with E-state index < -0.39 is 0 Å². The molecule has 0 aliphatic heterocycles. The molecule has 0 amide bonds. The van der Waals surface area contributed by atoms with Crippen molar-refractivity contribution in [1.29, 1.82) is 0 Å². The molecule has 3 nitrogen and oxygen atoms in total. The average molecular weight is 350 g/mol. The molecule has 0 spiro atoms. The molecule has 0 N–H and O–H groups in total. The van der Waals surface area contributed by atoms with Crippen molar-refractivity contribution in [3.05, 3.63) is 63.7 Å². The lowest BCUT2D eigenvalue weighted by atomic mass is 10.2. The zero-order valence-corrected chi connectivity index (χ0v) is 12.7. The number of halogens is 2. The molecule has 1 aromatic heterocycles. The maximum Gasteiger partial charge on any atom is 0.241 e. The summed E-state index contributed by atoms with van der Waals surface area (Å²) in [4.78, 5) is 0. The predicted molar refractivity (Wildman–Crippen MR) is 83.0 cm³/mol. The van der Waals surface area contributed by atoms with Gasteiger partial charge in [0.1, 0.15) is 6.61 Å². The van der Waals surface area contributed by atoms with E-state index >= 15 is 0 Å². The molecule has 0 saturated heterocycles. The van der Waals surface area contributed by atoms with E-state index in [2.05, 4.69) is 26.1 Å². The van der Waals surface area contributed by atoms with Crippen LogP contribution in [0.25, 0.3) is 10.8 Å². The summed E-state index contributed by atoms with van der Waals surface area (Å²) < 4.78 is 6.71. The second-order valence-electron chi connectivity index (χ2n) is 4.26. The first-order valence-corrected chi connectivity index (χ1v) is 7.19. The molecule has 5 heteroatoms. The van der Waals surface area contributed by atoms with Gasteiger partial charge < -0.3 is 4.74 Å². The van der Waals surface area contributed by atoms with Crippen molar-refractivity contribution in [3.8, 4) is 5.88 Å². The zero-order chi connectivity index (χ0) is 13.9. The lowest BCUT2D eigenvalue weighted by molar-refractivity contribution is 0.294. The fraction of sp³-hybridized carbons (Fsp3) is 0.0667. The van der Waals surface area contributed by atoms with Crippen molar-refractivity contribution in [2.45, 2.75) is 6.61 Å². The van der Waals surface area contributed by atoms with Crippen LogP contribution in [0.1, 0.15) is 5.56 Å². The van der Waals surface area contributed by atoms with Crippen LogP contribution in [0.15, 0.2) is 53.0 Å². The van der Waals surface area contributed by atoms with Crippen LogP contribution in [0.3, 0.4) is 0 Å². The maximum absolute atomic E-state index is 6.05. The molecule has 0 radical (unpaired) electrons. The van der Waals surface area contributed by atoms with E-state index in [1.165, 1.54) is 0 Å². The van der Waals surface area contributed by atoms with Crippen LogP contribution in [0.4, 0.5) is 0 Å². The summed E-state index contributed by atoms with van der Waals surface area (Å²) in [5.41, 5.74) is 1.08. The Morgan fingerprint density at radius 1 is 1.00 bits per heavy atom. The van der Waals surface area contributed by atoms with E-state index in [4.69, 9.17) is 16.3 Å². The molecule has 0 aliphatic carbocycles. The number of hydrogen-bond acceptors (Lipinski definition) is 3. The third kappa shape index (κ3) is 2.76. The second kappa shape index (κ2) is 5.77. The highest BCUT2D eigenvalue weighted by atomic mass is 79.9. The molecule has 100 valence electrons. The van der Waals surface area contributed by atoms with Crippen LogP contribution >= 0.6 is 27.5 Å². The van der Waals surface area contributed by atoms with Gasteiger partial charge >= 0.3 is 0 Å². The van der Waals surface area contributed by atoms with Gasteiger partial charge in [0.15, 0.2) is 5.15 Å². The van der Waals surface area contributed by atoms with Crippen LogP contribution < -0.4 is 4.74 Å². The Morgan fingerprint density at radius 2 is 1.80 bits per heavy atom. The number of benzene rings is 2. The number of hydrogen-bond donors (Lipinski definition) is 0. The van der Waals surface area contributed by atoms with Gasteiger partial charge in [-0.05, 0) is 23.8 Å². The Labute approximate surface area is 129 Å². The van der Waals surface area contributed by atoms with Crippen molar-refractivity contribution in [2.24, 2.45) is 0 Å². The maximum atomic E-state index is 6.05. The van der Waals surface area contributed by atoms with Gasteiger partial charge in [-0.3, -0.25) is 0 Å². The molecule has 0 bridgehead atoms. The first-order chi connectivity index (χ1) is 9.74. The van der Waals surface area contributed by atoms with Crippen LogP contribution in [0.2, 0.25) is 5.15 Å². The molecule has 3 rings (SSSR count). The summed E-state index contributed by atoms with van der Waals surface area (Å²) in [7, 11) is 0. The fourth-order valence-corrected chi connectivity index (χ4v) is 2.47. The Bertz CT molecular complexity index is 749. The third-order valence-electron chi connectivity index (χ3n) is 2.88. The van der Waals surface area contributed by atoms with Gasteiger partial charge in [-0.2, -0.15) is 0 Å². The minimum atomic E-state index is 0.375. The van der Waals surface area contributed by atoms with E-state index in [9.17, 15) is 0 Å². The summed E-state index contributed by atoms with van der Waals surface area (Å²) >= 11 is 9.49. The number of rotatable bonds is 3. The number of ether oxygens (including phenoxy) is 1. The SMILES string of the molecule is Clc1nnc(OCc2ccccc2)c2cc(Br)ccc12. The van der Waals surface area contributed by atoms with Crippen LogP contribution in [-0.2, 0) is 6.61 Å². The van der Waals surface area contributed by atoms with E-state index in [1.54, 1.807) is 0 Å². The fourth-order valence-electron chi connectivity index (χ4n) is 1.90. The molecule has 3 aromatic rings. The first-order valence-electron chi connectivity index (χ1n) is 6.02. The smallest absolute Gasteiger partial charge is 0.241 e. The standard InChI is InChI=1S/C15H10BrClN2O/c16-11-6-7-12-13(8-11)15(19-18-14(12)17)20-9-10-4-2-1-3-5-10/h1-8H,9H2. The van der Waals surface area contributed by atoms with Gasteiger partial charge in [0.05, 0.1) is 0 Å². The number of aromatic nitrogens is 2. The lowest BCUT2D eigenvalue weighted by Crippen LogP contribution is -1.99. The lowest BCUT2D eigenvalue weighted by Gasteiger charge is -2.08. The van der Waals surface area contributed by atoms with Gasteiger partial charge in [0.25, 0.3) is 0 Å². The molecule has 20 heavy (non-hydrogen) atoms. The van der Waals surface area contributed by atoms with Gasteiger partial charge in [0.2, 0.25) is 5.88 Å². The molecule has 0 aliphatic rings. The van der Waals surface area contributed by atoms with E-state index in [0.717, 1.165) is 20.8 Å². The van der Waals surface area contributed by atoms with Crippen LogP contribution in [-0.4, -0.2) is 10.2 Å². The molecule has 1 heterocycles. The van der Waals surface area contributed by atoms with Crippen LogP contribution in [0, 0.1) is 0 Å². The molecular weight excluding hydrogens is 340 g/mol. The summed E-state index contributed by atoms with van der Waals surface area (Å²) in [6.07, 6.45) is 0. The predicted octanol–water partition coefficient (Wildman–Crippen LogP) is 4.62. The highest BCUT2D eigenvalue weighted by Gasteiger charge is 2.09. The largest absolute Gasteiger partial charge is 0.471 e. The molecule has 0 unspecified atom stereocenters. The average Bonchev–Trinajstić information content (AvgIpc) is 2.47. The second-order valence-corrected chi connectivity index (χ2v) is 5.53. The van der Waals surface area contributed by atoms with Crippen molar-refractivity contribution in [2.75, 3.05) is 0 Å². The summed E-state index contributed by atoms with van der Waals surface area (Å²) in [6.45, 7) is 0.443. The minimum Gasteiger partial charge on any atom is -0.471 e. The number of fused-ring (bicyclic) bond motifs is 1. The third-order valence-corrected chi connectivity index (χ3v) is 3.65. The molecule has 2 aromatic carbocycles. The highest BCUT2D eigenvalue weighted by molar-refractivity contribution is 9.10. The summed E-state index contributed by atoms with van der Waals surface area (Å²) in [5, 5.41) is 10.0. The van der Waals surface area contributed by atoms with E-state index in [0.29, 0.717) is 17.6 Å². The molecule has 0 fully saturated rings. The molecule has 0 atom stereocenters. The van der Waals surface area contributed by atoms with Gasteiger partial charge in [-0.1, -0.05) is 57.9 Å². The van der Waals surface area contributed by atoms with E-state index in [-0.39, 0.29) is 0 Å². The van der Waals surface area contributed by atoms with Gasteiger partial charge in [-0.25, -0.2) is 0 Å². The normalized spacial score (nSPS) is 10.7. The van der Waals surface area contributed by atoms with Gasteiger partial charge in [0, 0.05) is 15.2 Å². The Balaban J connectivity index is 1.95. The van der Waals surface area contributed by atoms with E-state index in [1.807, 2.05) is 48.5 Å². The summed E-state index contributed by atoms with van der Waals surface area (Å²) in [6, 6.07) is 15.7. The van der Waals surface area contributed by atoms with Gasteiger partial charge in [-0.15, -0.1) is 10.2 Å². The van der Waals surface area contributed by atoms with Crippen molar-refractivity contribution < 1.29 is 4.74 Å². The topological polar surface area (TPSA) is 35.0 Å². The summed E-state index contributed by atoms with van der Waals surface area (Å²) in [5.74, 6) is 0.481. The Kier molecular flexibility index (Phi) is 3.85. The zero-order valence-electron chi connectivity index (χ0n) is 10.4. The first kappa shape index (κ1) is 13.3. The van der Waals surface area contributed by atoms with Crippen molar-refractivity contribution in [3.63, 3.8) is 0 Å². The molecule has 0 saturated carbocycles. The minimum absolute atomic E-state index is 0.375. The highest BCUT2D eigenvalue weighted by Crippen LogP contribution is 2.30. The monoisotopic (exact) mass is 348 g/mol. The number of nitrogens with zero attached hydrogens (tertiary/aromatic N) is 2. The Morgan fingerprint density at radius 3 is 2.60 bits per heavy atom. The molecular formula is C15H10BrClN2O. The quantitative estimate of drug-likeness (QED) is 0.692. The van der Waals surface area contributed by atoms with Crippen molar-refractivity contribution in [1.82, 2.24) is 10.2 Å². The van der Waals surface area contributed by atoms with Crippen molar-refractivity contribution >= 4 is 38.3 Å². The van der Waals surface area contributed by atoms with Crippen LogP contribution in [0.5, 0.6) is 5.88 Å².